The number of halogens is 2. The third-order valence-electron chi connectivity index (χ3n) is 7.05. The zero-order valence-electron chi connectivity index (χ0n) is 25.9. The van der Waals surface area contributed by atoms with Crippen LogP contribution in [0.15, 0.2) is 64.6 Å². The number of aliphatic imine (C=N–C) groups is 2. The van der Waals surface area contributed by atoms with Gasteiger partial charge in [-0.3, -0.25) is 15.0 Å². The second-order valence-corrected chi connectivity index (χ2v) is 11.5. The maximum Gasteiger partial charge on any atom is 2.00 e. The molecule has 0 aliphatic carbocycles. The Morgan fingerprint density at radius 3 is 1.12 bits per heavy atom. The summed E-state index contributed by atoms with van der Waals surface area (Å²) in [6, 6.07) is 19.5. The molecule has 1 heterocycles. The Labute approximate surface area is 272 Å². The minimum atomic E-state index is 0. The summed E-state index contributed by atoms with van der Waals surface area (Å²) >= 11 is 0. The van der Waals surface area contributed by atoms with Crippen LogP contribution in [0.5, 0.6) is 0 Å². The molecule has 6 heteroatoms. The Hall–Kier alpha value is -1.98. The standard InChI is InChI=1S/C35H47N3.2ClH.Co/c1-24(2)30-18-10-19-31(25(3)4)34(30)36-22-12-16-28-14-9-15-29(38-28)17-13-23-37-35-32(26(5)6)20-11-21-33(35)27(7)8;;;/h9-11,14-15,18-27H,12-13,16-17H2,1-8H3;2*1H;/q;;;+2/p-2. The maximum absolute atomic E-state index is 4.94. The molecule has 0 bridgehead atoms. The van der Waals surface area contributed by atoms with Crippen molar-refractivity contribution in [1.29, 1.82) is 0 Å². The molecule has 0 spiro atoms. The smallest absolute Gasteiger partial charge is 1.00 e. The molecule has 0 N–H and O–H groups in total. The fraction of sp³-hybridized carbons (Fsp3) is 0.457. The molecule has 0 amide bonds. The summed E-state index contributed by atoms with van der Waals surface area (Å²) < 4.78 is 0. The molecule has 0 unspecified atom stereocenters. The van der Waals surface area contributed by atoms with Crippen LogP contribution in [0.4, 0.5) is 11.4 Å². The van der Waals surface area contributed by atoms with E-state index in [-0.39, 0.29) is 41.6 Å². The van der Waals surface area contributed by atoms with Crippen LogP contribution in [-0.2, 0) is 29.6 Å². The van der Waals surface area contributed by atoms with Crippen LogP contribution in [0, 0.1) is 0 Å². The van der Waals surface area contributed by atoms with Crippen molar-refractivity contribution >= 4 is 23.8 Å². The summed E-state index contributed by atoms with van der Waals surface area (Å²) in [5.41, 5.74) is 9.85. The molecule has 0 atom stereocenters. The van der Waals surface area contributed by atoms with Crippen LogP contribution in [0.1, 0.15) is 126 Å². The van der Waals surface area contributed by atoms with E-state index in [0.29, 0.717) is 23.7 Å². The predicted molar refractivity (Wildman–Crippen MR) is 166 cm³/mol. The number of aromatic nitrogens is 1. The number of pyridine rings is 1. The van der Waals surface area contributed by atoms with E-state index < -0.39 is 0 Å². The largest absolute Gasteiger partial charge is 2.00 e. The van der Waals surface area contributed by atoms with Crippen LogP contribution in [0.3, 0.4) is 0 Å². The Balaban J connectivity index is 0.00000533. The van der Waals surface area contributed by atoms with E-state index in [2.05, 4.69) is 122 Å². The molecular weight excluding hydrogens is 592 g/mol. The third kappa shape index (κ3) is 11.3. The van der Waals surface area contributed by atoms with Gasteiger partial charge in [0.25, 0.3) is 0 Å². The van der Waals surface area contributed by atoms with Gasteiger partial charge >= 0.3 is 16.8 Å². The Bertz CT molecular complexity index is 1100. The van der Waals surface area contributed by atoms with E-state index in [4.69, 9.17) is 15.0 Å². The predicted octanol–water partition coefficient (Wildman–Crippen LogP) is 4.25. The van der Waals surface area contributed by atoms with E-state index in [1.54, 1.807) is 0 Å². The Kier molecular flexibility index (Phi) is 18.3. The van der Waals surface area contributed by atoms with Crippen molar-refractivity contribution in [2.45, 2.75) is 105 Å². The van der Waals surface area contributed by atoms with E-state index in [9.17, 15) is 0 Å². The first kappa shape index (κ1) is 39.0. The minimum absolute atomic E-state index is 0. The Morgan fingerprint density at radius 2 is 0.829 bits per heavy atom. The molecule has 0 saturated carbocycles. The summed E-state index contributed by atoms with van der Waals surface area (Å²) in [5, 5.41) is 0. The van der Waals surface area contributed by atoms with Gasteiger partial charge < -0.3 is 24.8 Å². The summed E-state index contributed by atoms with van der Waals surface area (Å²) in [6.45, 7) is 17.9. The number of benzene rings is 2. The van der Waals surface area contributed by atoms with Gasteiger partial charge in [-0.2, -0.15) is 0 Å². The number of hydrogen-bond donors (Lipinski definition) is 0. The monoisotopic (exact) mass is 638 g/mol. The van der Waals surface area contributed by atoms with Gasteiger partial charge in [-0.1, -0.05) is 97.9 Å². The molecule has 2 aromatic carbocycles. The SMILES string of the molecule is CC(C)c1cccc(C(C)C)c1N=CCCc1cccc(CCC=Nc2c(C(C)C)cccc2C(C)C)n1.[Cl-].[Cl-].[Co+2]. The number of rotatable bonds is 12. The molecular formula is C35H47Cl2CoN3. The van der Waals surface area contributed by atoms with Crippen LogP contribution in [0.25, 0.3) is 0 Å². The van der Waals surface area contributed by atoms with Crippen molar-refractivity contribution in [3.8, 4) is 0 Å². The van der Waals surface area contributed by atoms with Crippen LogP contribution in [0.2, 0.25) is 0 Å². The molecule has 1 radical (unpaired) electrons. The van der Waals surface area contributed by atoms with Gasteiger partial charge in [0.05, 0.1) is 11.4 Å². The first-order valence-corrected chi connectivity index (χ1v) is 14.4. The summed E-state index contributed by atoms with van der Waals surface area (Å²) in [6.07, 6.45) is 7.70. The second-order valence-electron chi connectivity index (χ2n) is 11.5. The topological polar surface area (TPSA) is 37.6 Å². The van der Waals surface area contributed by atoms with Gasteiger partial charge in [0.2, 0.25) is 0 Å². The third-order valence-corrected chi connectivity index (χ3v) is 7.05. The average Bonchev–Trinajstić information content (AvgIpc) is 2.88. The van der Waals surface area contributed by atoms with Gasteiger partial charge in [0.15, 0.2) is 0 Å². The van der Waals surface area contributed by atoms with E-state index in [1.165, 1.54) is 22.3 Å². The van der Waals surface area contributed by atoms with Gasteiger partial charge in [0, 0.05) is 23.8 Å². The zero-order chi connectivity index (χ0) is 27.7. The molecule has 225 valence electrons. The maximum atomic E-state index is 4.94. The van der Waals surface area contributed by atoms with Gasteiger partial charge in [-0.05, 0) is 83.7 Å². The fourth-order valence-corrected chi connectivity index (χ4v) is 4.87. The molecule has 1 aromatic heterocycles. The normalized spacial score (nSPS) is 11.4. The number of hydrogen-bond acceptors (Lipinski definition) is 3. The van der Waals surface area contributed by atoms with E-state index in [0.717, 1.165) is 48.4 Å². The minimum Gasteiger partial charge on any atom is -1.00 e. The van der Waals surface area contributed by atoms with Crippen LogP contribution >= 0.6 is 0 Å². The van der Waals surface area contributed by atoms with Crippen molar-refractivity contribution in [3.63, 3.8) is 0 Å². The molecule has 0 saturated heterocycles. The van der Waals surface area contributed by atoms with Crippen molar-refractivity contribution in [2.75, 3.05) is 0 Å². The van der Waals surface area contributed by atoms with Crippen molar-refractivity contribution in [1.82, 2.24) is 4.98 Å². The molecule has 3 rings (SSSR count). The first-order valence-electron chi connectivity index (χ1n) is 14.4. The first-order chi connectivity index (χ1) is 18.2. The van der Waals surface area contributed by atoms with E-state index >= 15 is 0 Å². The van der Waals surface area contributed by atoms with Crippen molar-refractivity contribution < 1.29 is 41.6 Å². The quantitative estimate of drug-likeness (QED) is 0.273. The summed E-state index contributed by atoms with van der Waals surface area (Å²) in [4.78, 5) is 14.8. The summed E-state index contributed by atoms with van der Waals surface area (Å²) in [7, 11) is 0. The van der Waals surface area contributed by atoms with Gasteiger partial charge in [0.1, 0.15) is 0 Å². The molecule has 3 nitrogen and oxygen atoms in total. The summed E-state index contributed by atoms with van der Waals surface area (Å²) in [5.74, 6) is 1.83. The van der Waals surface area contributed by atoms with Crippen molar-refractivity contribution in [2.24, 2.45) is 9.98 Å². The van der Waals surface area contributed by atoms with E-state index in [1.807, 2.05) is 0 Å². The Morgan fingerprint density at radius 1 is 0.537 bits per heavy atom. The number of aryl methyl sites for hydroxylation is 2. The van der Waals surface area contributed by atoms with Crippen LogP contribution in [-0.4, -0.2) is 17.4 Å². The molecule has 0 aliphatic rings. The van der Waals surface area contributed by atoms with Gasteiger partial charge in [-0.25, -0.2) is 0 Å². The van der Waals surface area contributed by atoms with Gasteiger partial charge in [-0.15, -0.1) is 0 Å². The molecule has 3 aromatic rings. The number of nitrogens with zero attached hydrogens (tertiary/aromatic N) is 3. The average molecular weight is 640 g/mol. The fourth-order valence-electron chi connectivity index (χ4n) is 4.87. The van der Waals surface area contributed by atoms with Crippen LogP contribution < -0.4 is 24.8 Å². The molecule has 0 fully saturated rings. The second kappa shape index (κ2) is 19.3. The number of para-hydroxylation sites is 2. The molecule has 0 aliphatic heterocycles. The zero-order valence-corrected chi connectivity index (χ0v) is 28.5. The van der Waals surface area contributed by atoms with Crippen molar-refractivity contribution in [3.05, 3.63) is 88.2 Å². The molecule has 41 heavy (non-hydrogen) atoms.